The molecular formula is C13H17N5O. The van der Waals surface area contributed by atoms with E-state index >= 15 is 0 Å². The van der Waals surface area contributed by atoms with Crippen LogP contribution in [0.25, 0.3) is 0 Å². The number of nitrogens with one attached hydrogen (secondary N) is 1. The van der Waals surface area contributed by atoms with E-state index < -0.39 is 0 Å². The minimum Gasteiger partial charge on any atom is -0.350 e. The molecule has 3 N–H and O–H groups in total. The summed E-state index contributed by atoms with van der Waals surface area (Å²) in [5, 5.41) is 10.6. The van der Waals surface area contributed by atoms with Crippen molar-refractivity contribution >= 4 is 5.91 Å². The van der Waals surface area contributed by atoms with E-state index in [-0.39, 0.29) is 18.5 Å². The summed E-state index contributed by atoms with van der Waals surface area (Å²) in [6.07, 6.45) is 1.69. The third-order valence-electron chi connectivity index (χ3n) is 2.66. The number of carbonyl (C=O) groups excluding carboxylic acids is 1. The predicted molar refractivity (Wildman–Crippen MR) is 70.9 cm³/mol. The van der Waals surface area contributed by atoms with Crippen LogP contribution in [0.5, 0.6) is 0 Å². The molecule has 1 heterocycles. The zero-order valence-corrected chi connectivity index (χ0v) is 10.8. The Kier molecular flexibility index (Phi) is 4.25. The van der Waals surface area contributed by atoms with Gasteiger partial charge in [0.2, 0.25) is 5.91 Å². The molecule has 1 aromatic carbocycles. The second-order valence-electron chi connectivity index (χ2n) is 4.39. The van der Waals surface area contributed by atoms with Crippen molar-refractivity contribution in [3.8, 4) is 0 Å². The maximum atomic E-state index is 11.7. The summed E-state index contributed by atoms with van der Waals surface area (Å²) < 4.78 is 1.49. The Hall–Kier alpha value is -2.21. The Morgan fingerprint density at radius 2 is 2.16 bits per heavy atom. The fourth-order valence-corrected chi connectivity index (χ4v) is 1.60. The maximum absolute atomic E-state index is 11.7. The average Bonchev–Trinajstić information content (AvgIpc) is 2.86. The van der Waals surface area contributed by atoms with Crippen molar-refractivity contribution in [1.29, 1.82) is 0 Å². The van der Waals surface area contributed by atoms with Crippen LogP contribution in [0.2, 0.25) is 0 Å². The van der Waals surface area contributed by atoms with Gasteiger partial charge in [0.25, 0.3) is 0 Å². The summed E-state index contributed by atoms with van der Waals surface area (Å²) in [7, 11) is 0. The molecule has 2 aromatic rings. The van der Waals surface area contributed by atoms with Gasteiger partial charge < -0.3 is 11.1 Å². The molecule has 19 heavy (non-hydrogen) atoms. The molecule has 100 valence electrons. The molecule has 0 saturated heterocycles. The number of amides is 1. The number of carbonyl (C=O) groups is 1. The molecule has 2 rings (SSSR count). The summed E-state index contributed by atoms with van der Waals surface area (Å²) in [5.74, 6) is -0.107. The average molecular weight is 259 g/mol. The quantitative estimate of drug-likeness (QED) is 0.824. The van der Waals surface area contributed by atoms with Crippen LogP contribution in [0.15, 0.2) is 36.5 Å². The molecule has 0 aliphatic heterocycles. The van der Waals surface area contributed by atoms with Crippen molar-refractivity contribution in [2.24, 2.45) is 5.73 Å². The number of nitrogens with zero attached hydrogens (tertiary/aromatic N) is 3. The van der Waals surface area contributed by atoms with Crippen LogP contribution in [-0.2, 0) is 17.9 Å². The predicted octanol–water partition coefficient (Wildman–Crippen LogP) is 0.614. The van der Waals surface area contributed by atoms with E-state index in [1.54, 1.807) is 6.20 Å². The molecule has 0 radical (unpaired) electrons. The van der Waals surface area contributed by atoms with E-state index in [1.807, 2.05) is 37.3 Å². The smallest absolute Gasteiger partial charge is 0.242 e. The van der Waals surface area contributed by atoms with Crippen molar-refractivity contribution in [2.75, 3.05) is 0 Å². The van der Waals surface area contributed by atoms with Crippen LogP contribution in [0.3, 0.4) is 0 Å². The molecule has 6 heteroatoms. The van der Waals surface area contributed by atoms with Crippen molar-refractivity contribution in [2.45, 2.75) is 26.1 Å². The molecule has 0 saturated carbocycles. The van der Waals surface area contributed by atoms with Gasteiger partial charge in [0.15, 0.2) is 0 Å². The summed E-state index contributed by atoms with van der Waals surface area (Å²) in [6.45, 7) is 2.48. The van der Waals surface area contributed by atoms with Gasteiger partial charge >= 0.3 is 0 Å². The van der Waals surface area contributed by atoms with Crippen LogP contribution < -0.4 is 11.1 Å². The Labute approximate surface area is 111 Å². The molecular weight excluding hydrogens is 242 g/mol. The highest BCUT2D eigenvalue weighted by Crippen LogP contribution is 2.03. The lowest BCUT2D eigenvalue weighted by Crippen LogP contribution is -2.27. The topological polar surface area (TPSA) is 85.8 Å². The zero-order chi connectivity index (χ0) is 13.7. The second kappa shape index (κ2) is 6.10. The number of rotatable bonds is 5. The maximum Gasteiger partial charge on any atom is 0.242 e. The van der Waals surface area contributed by atoms with E-state index in [4.69, 9.17) is 5.73 Å². The molecule has 0 aliphatic carbocycles. The van der Waals surface area contributed by atoms with Crippen LogP contribution in [0, 0.1) is 0 Å². The third kappa shape index (κ3) is 3.89. The van der Waals surface area contributed by atoms with Crippen LogP contribution in [0.4, 0.5) is 0 Å². The number of nitrogens with two attached hydrogens (primary N) is 1. The monoisotopic (exact) mass is 259 g/mol. The number of hydrogen-bond acceptors (Lipinski definition) is 4. The van der Waals surface area contributed by atoms with Crippen molar-refractivity contribution in [3.05, 3.63) is 47.8 Å². The molecule has 1 amide bonds. The van der Waals surface area contributed by atoms with Crippen LogP contribution in [0.1, 0.15) is 24.2 Å². The minimum atomic E-state index is -0.180. The van der Waals surface area contributed by atoms with Crippen molar-refractivity contribution < 1.29 is 4.79 Å². The molecule has 0 bridgehead atoms. The summed E-state index contributed by atoms with van der Waals surface area (Å²) >= 11 is 0. The molecule has 6 nitrogen and oxygen atoms in total. The fraction of sp³-hybridized carbons (Fsp3) is 0.308. The SMILES string of the molecule is CC(N)c1cn(CC(=O)NCc2ccccc2)nn1. The highest BCUT2D eigenvalue weighted by molar-refractivity contribution is 5.75. The van der Waals surface area contributed by atoms with Gasteiger partial charge in [0, 0.05) is 12.6 Å². The lowest BCUT2D eigenvalue weighted by molar-refractivity contribution is -0.122. The van der Waals surface area contributed by atoms with Crippen LogP contribution in [-0.4, -0.2) is 20.9 Å². The number of hydrogen-bond donors (Lipinski definition) is 2. The van der Waals surface area contributed by atoms with Gasteiger partial charge in [-0.2, -0.15) is 0 Å². The Morgan fingerprint density at radius 3 is 2.79 bits per heavy atom. The first-order chi connectivity index (χ1) is 9.15. The van der Waals surface area contributed by atoms with Crippen LogP contribution >= 0.6 is 0 Å². The zero-order valence-electron chi connectivity index (χ0n) is 10.8. The summed E-state index contributed by atoms with van der Waals surface area (Å²) in [6, 6.07) is 9.56. The summed E-state index contributed by atoms with van der Waals surface area (Å²) in [4.78, 5) is 11.7. The van der Waals surface area contributed by atoms with Gasteiger partial charge in [-0.3, -0.25) is 4.79 Å². The van der Waals surface area contributed by atoms with Gasteiger partial charge in [0.05, 0.1) is 11.9 Å². The van der Waals surface area contributed by atoms with E-state index in [1.165, 1.54) is 4.68 Å². The number of aromatic nitrogens is 3. The van der Waals surface area contributed by atoms with Gasteiger partial charge in [-0.05, 0) is 12.5 Å². The number of benzene rings is 1. The summed E-state index contributed by atoms with van der Waals surface area (Å²) in [5.41, 5.74) is 7.41. The minimum absolute atomic E-state index is 0.107. The van der Waals surface area contributed by atoms with Gasteiger partial charge in [0.1, 0.15) is 6.54 Å². The molecule has 1 atom stereocenters. The van der Waals surface area contributed by atoms with E-state index in [0.29, 0.717) is 12.2 Å². The Balaban J connectivity index is 1.84. The Morgan fingerprint density at radius 1 is 1.42 bits per heavy atom. The highest BCUT2D eigenvalue weighted by atomic mass is 16.2. The second-order valence-corrected chi connectivity index (χ2v) is 4.39. The lowest BCUT2D eigenvalue weighted by Gasteiger charge is -2.04. The highest BCUT2D eigenvalue weighted by Gasteiger charge is 2.08. The lowest BCUT2D eigenvalue weighted by atomic mass is 10.2. The molecule has 1 unspecified atom stereocenters. The first-order valence-corrected chi connectivity index (χ1v) is 6.11. The first-order valence-electron chi connectivity index (χ1n) is 6.11. The van der Waals surface area contributed by atoms with Gasteiger partial charge in [-0.1, -0.05) is 35.5 Å². The molecule has 0 aliphatic rings. The van der Waals surface area contributed by atoms with E-state index in [9.17, 15) is 4.79 Å². The van der Waals surface area contributed by atoms with E-state index in [0.717, 1.165) is 5.56 Å². The first kappa shape index (κ1) is 13.2. The largest absolute Gasteiger partial charge is 0.350 e. The molecule has 0 spiro atoms. The third-order valence-corrected chi connectivity index (χ3v) is 2.66. The fourth-order valence-electron chi connectivity index (χ4n) is 1.60. The van der Waals surface area contributed by atoms with Gasteiger partial charge in [-0.15, -0.1) is 5.10 Å². The van der Waals surface area contributed by atoms with Gasteiger partial charge in [-0.25, -0.2) is 4.68 Å². The van der Waals surface area contributed by atoms with E-state index in [2.05, 4.69) is 15.6 Å². The normalized spacial score (nSPS) is 12.1. The standard InChI is InChI=1S/C13H17N5O/c1-10(14)12-8-18(17-16-12)9-13(19)15-7-11-5-3-2-4-6-11/h2-6,8,10H,7,9,14H2,1H3,(H,15,19). The van der Waals surface area contributed by atoms with Crippen molar-refractivity contribution in [3.63, 3.8) is 0 Å². The van der Waals surface area contributed by atoms with Crippen molar-refractivity contribution in [1.82, 2.24) is 20.3 Å². The molecule has 0 fully saturated rings. The Bertz CT molecular complexity index is 535. The molecule has 1 aromatic heterocycles.